The second-order valence-electron chi connectivity index (χ2n) is 4.65. The molecule has 1 N–H and O–H groups in total. The molecule has 2 aromatic rings. The molecule has 0 fully saturated rings. The van der Waals surface area contributed by atoms with Gasteiger partial charge in [-0.1, -0.05) is 49.0 Å². The van der Waals surface area contributed by atoms with Crippen molar-refractivity contribution >= 4 is 11.5 Å². The van der Waals surface area contributed by atoms with Crippen LogP contribution in [0.5, 0.6) is 0 Å². The second kappa shape index (κ2) is 6.78. The minimum Gasteiger partial charge on any atom is -0.309 e. The van der Waals surface area contributed by atoms with E-state index in [1.807, 2.05) is 7.05 Å². The van der Waals surface area contributed by atoms with Gasteiger partial charge in [0.25, 0.3) is 0 Å². The minimum atomic E-state index is 0.201. The van der Waals surface area contributed by atoms with E-state index < -0.39 is 0 Å². The molecule has 0 saturated carbocycles. The summed E-state index contributed by atoms with van der Waals surface area (Å²) >= 11 is 1.50. The molecule has 1 aromatic heterocycles. The van der Waals surface area contributed by atoms with E-state index >= 15 is 0 Å². The first-order chi connectivity index (χ1) is 9.30. The van der Waals surface area contributed by atoms with Crippen LogP contribution in [-0.4, -0.2) is 16.6 Å². The molecule has 0 amide bonds. The van der Waals surface area contributed by atoms with Gasteiger partial charge in [0.05, 0.1) is 16.6 Å². The Bertz CT molecular complexity index is 504. The van der Waals surface area contributed by atoms with Crippen LogP contribution in [0, 0.1) is 0 Å². The Kier molecular flexibility index (Phi) is 5.05. The molecular weight excluding hydrogens is 254 g/mol. The number of nitrogens with one attached hydrogen (secondary N) is 1. The lowest BCUT2D eigenvalue weighted by Gasteiger charge is -2.16. The molecule has 1 heterocycles. The maximum absolute atomic E-state index is 4.26. The fraction of sp³-hybridized carbons (Fsp3) is 0.467. The Morgan fingerprint density at radius 1 is 1.21 bits per heavy atom. The molecule has 0 spiro atoms. The molecule has 0 radical (unpaired) electrons. The van der Waals surface area contributed by atoms with Crippen molar-refractivity contribution in [2.45, 2.75) is 39.2 Å². The minimum absolute atomic E-state index is 0.201. The maximum Gasteiger partial charge on any atom is 0.0807 e. The maximum atomic E-state index is 4.26. The molecule has 0 aliphatic rings. The third-order valence-electron chi connectivity index (χ3n) is 3.34. The topological polar surface area (TPSA) is 37.8 Å². The normalized spacial score (nSPS) is 12.6. The molecule has 19 heavy (non-hydrogen) atoms. The second-order valence-corrected chi connectivity index (χ2v) is 5.44. The standard InChI is InChI=1S/C15H21N3S/c1-4-6-13-15(19-18-17-13)14(16-3)12-9-7-11(5-2)8-10-12/h7-10,14,16H,4-6H2,1-3H3. The van der Waals surface area contributed by atoms with Crippen molar-refractivity contribution < 1.29 is 0 Å². The molecule has 0 aliphatic carbocycles. The molecule has 3 nitrogen and oxygen atoms in total. The monoisotopic (exact) mass is 275 g/mol. The average molecular weight is 275 g/mol. The predicted octanol–water partition coefficient (Wildman–Crippen LogP) is 3.36. The number of benzene rings is 1. The van der Waals surface area contributed by atoms with E-state index in [2.05, 4.69) is 53.0 Å². The first-order valence-electron chi connectivity index (χ1n) is 6.87. The molecule has 2 rings (SSSR count). The summed E-state index contributed by atoms with van der Waals surface area (Å²) in [5.74, 6) is 0. The Morgan fingerprint density at radius 3 is 2.53 bits per heavy atom. The van der Waals surface area contributed by atoms with Crippen molar-refractivity contribution in [2.24, 2.45) is 0 Å². The average Bonchev–Trinajstić information content (AvgIpc) is 2.89. The van der Waals surface area contributed by atoms with E-state index in [0.29, 0.717) is 0 Å². The summed E-state index contributed by atoms with van der Waals surface area (Å²) in [6.45, 7) is 4.35. The molecule has 102 valence electrons. The predicted molar refractivity (Wildman–Crippen MR) is 80.6 cm³/mol. The van der Waals surface area contributed by atoms with Gasteiger partial charge in [0.15, 0.2) is 0 Å². The van der Waals surface area contributed by atoms with Gasteiger partial charge >= 0.3 is 0 Å². The lowest BCUT2D eigenvalue weighted by Crippen LogP contribution is -2.18. The molecule has 1 atom stereocenters. The summed E-state index contributed by atoms with van der Waals surface area (Å²) in [4.78, 5) is 1.24. The summed E-state index contributed by atoms with van der Waals surface area (Å²) in [5.41, 5.74) is 3.78. The Hall–Kier alpha value is -1.26. The fourth-order valence-corrected chi connectivity index (χ4v) is 3.07. The largest absolute Gasteiger partial charge is 0.309 e. The van der Waals surface area contributed by atoms with E-state index in [1.165, 1.54) is 27.5 Å². The molecule has 1 unspecified atom stereocenters. The number of hydrogen-bond acceptors (Lipinski definition) is 4. The number of aromatic nitrogens is 2. The number of nitrogens with zero attached hydrogens (tertiary/aromatic N) is 2. The van der Waals surface area contributed by atoms with Crippen LogP contribution in [0.3, 0.4) is 0 Å². The lowest BCUT2D eigenvalue weighted by molar-refractivity contribution is 0.688. The summed E-state index contributed by atoms with van der Waals surface area (Å²) < 4.78 is 4.12. The molecule has 1 aromatic carbocycles. The van der Waals surface area contributed by atoms with Gasteiger partial charge in [0.1, 0.15) is 0 Å². The van der Waals surface area contributed by atoms with Gasteiger partial charge in [-0.2, -0.15) is 0 Å². The zero-order valence-electron chi connectivity index (χ0n) is 11.8. The number of aryl methyl sites for hydroxylation is 2. The Morgan fingerprint density at radius 2 is 1.95 bits per heavy atom. The van der Waals surface area contributed by atoms with Gasteiger partial charge in [0.2, 0.25) is 0 Å². The quantitative estimate of drug-likeness (QED) is 0.878. The van der Waals surface area contributed by atoms with Crippen molar-refractivity contribution in [1.82, 2.24) is 14.9 Å². The third kappa shape index (κ3) is 3.19. The summed E-state index contributed by atoms with van der Waals surface area (Å²) in [7, 11) is 1.99. The van der Waals surface area contributed by atoms with Crippen LogP contribution in [0.2, 0.25) is 0 Å². The van der Waals surface area contributed by atoms with Gasteiger partial charge in [-0.05, 0) is 42.5 Å². The van der Waals surface area contributed by atoms with Crippen LogP contribution in [0.15, 0.2) is 24.3 Å². The smallest absolute Gasteiger partial charge is 0.0807 e. The van der Waals surface area contributed by atoms with Crippen molar-refractivity contribution in [3.05, 3.63) is 46.0 Å². The summed E-state index contributed by atoms with van der Waals surface area (Å²) in [6, 6.07) is 9.01. The van der Waals surface area contributed by atoms with Gasteiger partial charge < -0.3 is 5.32 Å². The van der Waals surface area contributed by atoms with E-state index in [9.17, 15) is 0 Å². The van der Waals surface area contributed by atoms with Crippen molar-refractivity contribution in [3.63, 3.8) is 0 Å². The Balaban J connectivity index is 2.29. The van der Waals surface area contributed by atoms with Crippen LogP contribution >= 0.6 is 11.5 Å². The van der Waals surface area contributed by atoms with E-state index in [1.54, 1.807) is 0 Å². The van der Waals surface area contributed by atoms with E-state index in [4.69, 9.17) is 0 Å². The molecular formula is C15H21N3S. The van der Waals surface area contributed by atoms with E-state index in [0.717, 1.165) is 25.0 Å². The summed E-state index contributed by atoms with van der Waals surface area (Å²) in [5, 5.41) is 7.65. The highest BCUT2D eigenvalue weighted by molar-refractivity contribution is 7.05. The van der Waals surface area contributed by atoms with Crippen LogP contribution in [0.1, 0.15) is 48.0 Å². The van der Waals surface area contributed by atoms with Gasteiger partial charge in [-0.3, -0.25) is 0 Å². The highest BCUT2D eigenvalue weighted by Crippen LogP contribution is 2.27. The Labute approximate surface area is 119 Å². The highest BCUT2D eigenvalue weighted by Gasteiger charge is 2.19. The van der Waals surface area contributed by atoms with Gasteiger partial charge in [-0.15, -0.1) is 5.10 Å². The van der Waals surface area contributed by atoms with Crippen molar-refractivity contribution in [3.8, 4) is 0 Å². The fourth-order valence-electron chi connectivity index (χ4n) is 2.24. The van der Waals surface area contributed by atoms with Crippen molar-refractivity contribution in [1.29, 1.82) is 0 Å². The number of rotatable bonds is 6. The lowest BCUT2D eigenvalue weighted by atomic mass is 10.0. The van der Waals surface area contributed by atoms with Crippen LogP contribution in [0.4, 0.5) is 0 Å². The number of hydrogen-bond donors (Lipinski definition) is 1. The SMILES string of the molecule is CCCc1nnsc1C(NC)c1ccc(CC)cc1. The van der Waals surface area contributed by atoms with Crippen LogP contribution in [-0.2, 0) is 12.8 Å². The zero-order valence-corrected chi connectivity index (χ0v) is 12.6. The third-order valence-corrected chi connectivity index (χ3v) is 4.18. The first kappa shape index (κ1) is 14.2. The van der Waals surface area contributed by atoms with Crippen molar-refractivity contribution in [2.75, 3.05) is 7.05 Å². The molecule has 0 aliphatic heterocycles. The highest BCUT2D eigenvalue weighted by atomic mass is 32.1. The first-order valence-corrected chi connectivity index (χ1v) is 7.64. The van der Waals surface area contributed by atoms with Crippen LogP contribution in [0.25, 0.3) is 0 Å². The van der Waals surface area contributed by atoms with E-state index in [-0.39, 0.29) is 6.04 Å². The zero-order chi connectivity index (χ0) is 13.7. The van der Waals surface area contributed by atoms with Gasteiger partial charge in [0, 0.05) is 0 Å². The summed E-state index contributed by atoms with van der Waals surface area (Å²) in [6.07, 6.45) is 3.17. The molecule has 0 bridgehead atoms. The van der Waals surface area contributed by atoms with Crippen LogP contribution < -0.4 is 5.32 Å². The van der Waals surface area contributed by atoms with Gasteiger partial charge in [-0.25, -0.2) is 0 Å². The molecule has 0 saturated heterocycles. The molecule has 4 heteroatoms.